The molecule has 3 heteroatoms. The Morgan fingerprint density at radius 1 is 1.33 bits per heavy atom. The van der Waals surface area contributed by atoms with Crippen molar-refractivity contribution in [2.24, 2.45) is 5.92 Å². The summed E-state index contributed by atoms with van der Waals surface area (Å²) in [5, 5.41) is 8.93. The number of methoxy groups -OCH3 is 1. The van der Waals surface area contributed by atoms with Crippen molar-refractivity contribution < 1.29 is 9.84 Å². The summed E-state index contributed by atoms with van der Waals surface area (Å²) in [6.07, 6.45) is 9.13. The van der Waals surface area contributed by atoms with Gasteiger partial charge in [0.05, 0.1) is 7.11 Å². The Bertz CT molecular complexity index is 427. The van der Waals surface area contributed by atoms with Crippen LogP contribution in [-0.4, -0.2) is 43.4 Å². The van der Waals surface area contributed by atoms with Crippen LogP contribution in [0.3, 0.4) is 0 Å². The lowest BCUT2D eigenvalue weighted by Crippen LogP contribution is -2.35. The first kappa shape index (κ1) is 16.1. The maximum absolute atomic E-state index is 8.93. The van der Waals surface area contributed by atoms with E-state index in [0.29, 0.717) is 6.61 Å². The van der Waals surface area contributed by atoms with Gasteiger partial charge in [0.1, 0.15) is 5.75 Å². The van der Waals surface area contributed by atoms with Gasteiger partial charge in [-0.05, 0) is 55.8 Å². The number of piperidine rings is 1. The molecule has 21 heavy (non-hydrogen) atoms. The molecule has 1 N–H and O–H groups in total. The summed E-state index contributed by atoms with van der Waals surface area (Å²) in [5.74, 6) is 1.66. The molecule has 1 aromatic carbocycles. The average Bonchev–Trinajstić information content (AvgIpc) is 2.54. The predicted molar refractivity (Wildman–Crippen MR) is 87.5 cm³/mol. The maximum atomic E-state index is 8.93. The van der Waals surface area contributed by atoms with Gasteiger partial charge >= 0.3 is 0 Å². The molecule has 0 radical (unpaired) electrons. The summed E-state index contributed by atoms with van der Waals surface area (Å²) in [6.45, 7) is 3.71. The Hall–Kier alpha value is -1.32. The van der Waals surface area contributed by atoms with Crippen molar-refractivity contribution in [1.29, 1.82) is 0 Å². The van der Waals surface area contributed by atoms with E-state index < -0.39 is 0 Å². The standard InChI is InChI=1S/C18H27NO2/c1-21-18-10-8-16(9-11-18)5-2-12-19-13-3-6-17(15-19)7-4-14-20/h2,5,8-11,17,20H,3-4,6-7,12-15H2,1H3/b5-2+/t17-/m1/s1. The third kappa shape index (κ3) is 5.52. The highest BCUT2D eigenvalue weighted by Gasteiger charge is 2.18. The normalized spacial score (nSPS) is 20.0. The fourth-order valence-corrected chi connectivity index (χ4v) is 2.99. The van der Waals surface area contributed by atoms with Crippen molar-refractivity contribution in [2.75, 3.05) is 33.4 Å². The van der Waals surface area contributed by atoms with Crippen molar-refractivity contribution in [3.63, 3.8) is 0 Å². The SMILES string of the molecule is COc1ccc(/C=C/CN2CCC[C@H](CCCO)C2)cc1. The van der Waals surface area contributed by atoms with Crippen LogP contribution in [-0.2, 0) is 0 Å². The number of rotatable bonds is 7. The Labute approximate surface area is 128 Å². The second-order valence-electron chi connectivity index (χ2n) is 5.81. The third-order valence-corrected chi connectivity index (χ3v) is 4.16. The summed E-state index contributed by atoms with van der Waals surface area (Å²) in [7, 11) is 1.69. The van der Waals surface area contributed by atoms with E-state index in [1.165, 1.54) is 31.5 Å². The molecular weight excluding hydrogens is 262 g/mol. The minimum atomic E-state index is 0.327. The molecule has 1 atom stereocenters. The molecule has 1 fully saturated rings. The topological polar surface area (TPSA) is 32.7 Å². The summed E-state index contributed by atoms with van der Waals surface area (Å²) < 4.78 is 5.16. The Morgan fingerprint density at radius 2 is 2.14 bits per heavy atom. The molecular formula is C18H27NO2. The first-order chi connectivity index (χ1) is 10.3. The molecule has 0 amide bonds. The van der Waals surface area contributed by atoms with Gasteiger partial charge in [-0.3, -0.25) is 4.90 Å². The maximum Gasteiger partial charge on any atom is 0.118 e. The molecule has 1 heterocycles. The molecule has 3 nitrogen and oxygen atoms in total. The van der Waals surface area contributed by atoms with E-state index in [-0.39, 0.29) is 0 Å². The van der Waals surface area contributed by atoms with Gasteiger partial charge in [0.2, 0.25) is 0 Å². The van der Waals surface area contributed by atoms with Crippen molar-refractivity contribution in [3.8, 4) is 5.75 Å². The Morgan fingerprint density at radius 3 is 2.86 bits per heavy atom. The molecule has 1 aromatic rings. The van der Waals surface area contributed by atoms with Crippen molar-refractivity contribution in [1.82, 2.24) is 4.90 Å². The highest BCUT2D eigenvalue weighted by molar-refractivity contribution is 5.50. The van der Waals surface area contributed by atoms with E-state index in [4.69, 9.17) is 9.84 Å². The van der Waals surface area contributed by atoms with E-state index >= 15 is 0 Å². The smallest absolute Gasteiger partial charge is 0.118 e. The Kier molecular flexibility index (Phi) is 6.77. The third-order valence-electron chi connectivity index (χ3n) is 4.16. The van der Waals surface area contributed by atoms with Crippen LogP contribution in [0.25, 0.3) is 6.08 Å². The summed E-state index contributed by atoms with van der Waals surface area (Å²) in [4.78, 5) is 2.52. The number of aliphatic hydroxyl groups excluding tert-OH is 1. The van der Waals surface area contributed by atoms with E-state index in [9.17, 15) is 0 Å². The van der Waals surface area contributed by atoms with Crippen LogP contribution in [0.15, 0.2) is 30.3 Å². The molecule has 2 rings (SSSR count). The molecule has 0 unspecified atom stereocenters. The van der Waals surface area contributed by atoms with Crippen LogP contribution in [0.4, 0.5) is 0 Å². The first-order valence-electron chi connectivity index (χ1n) is 7.95. The summed E-state index contributed by atoms with van der Waals surface area (Å²) >= 11 is 0. The number of likely N-dealkylation sites (tertiary alicyclic amines) is 1. The van der Waals surface area contributed by atoms with Crippen LogP contribution >= 0.6 is 0 Å². The van der Waals surface area contributed by atoms with E-state index in [1.54, 1.807) is 7.11 Å². The lowest BCUT2D eigenvalue weighted by Gasteiger charge is -2.31. The van der Waals surface area contributed by atoms with Gasteiger partial charge in [0, 0.05) is 19.7 Å². The molecule has 1 saturated heterocycles. The van der Waals surface area contributed by atoms with Crippen LogP contribution in [0.2, 0.25) is 0 Å². The summed E-state index contributed by atoms with van der Waals surface area (Å²) in [6, 6.07) is 8.14. The van der Waals surface area contributed by atoms with Gasteiger partial charge in [-0.2, -0.15) is 0 Å². The van der Waals surface area contributed by atoms with Gasteiger partial charge in [-0.15, -0.1) is 0 Å². The number of ether oxygens (including phenoxy) is 1. The number of benzene rings is 1. The highest BCUT2D eigenvalue weighted by atomic mass is 16.5. The fourth-order valence-electron chi connectivity index (χ4n) is 2.99. The first-order valence-corrected chi connectivity index (χ1v) is 7.95. The molecule has 0 spiro atoms. The lowest BCUT2D eigenvalue weighted by molar-refractivity contribution is 0.173. The molecule has 1 aliphatic rings. The number of hydrogen-bond acceptors (Lipinski definition) is 3. The van der Waals surface area contributed by atoms with Crippen molar-refractivity contribution >= 4 is 6.08 Å². The van der Waals surface area contributed by atoms with E-state index in [0.717, 1.165) is 31.1 Å². The van der Waals surface area contributed by atoms with E-state index in [1.807, 2.05) is 12.1 Å². The van der Waals surface area contributed by atoms with Gasteiger partial charge in [0.25, 0.3) is 0 Å². The van der Waals surface area contributed by atoms with Gasteiger partial charge in [0.15, 0.2) is 0 Å². The van der Waals surface area contributed by atoms with Crippen molar-refractivity contribution in [3.05, 3.63) is 35.9 Å². The number of hydrogen-bond donors (Lipinski definition) is 1. The second kappa shape index (κ2) is 8.85. The second-order valence-corrected chi connectivity index (χ2v) is 5.81. The lowest BCUT2D eigenvalue weighted by atomic mass is 9.93. The molecule has 0 bridgehead atoms. The average molecular weight is 289 g/mol. The minimum Gasteiger partial charge on any atom is -0.497 e. The molecule has 116 valence electrons. The predicted octanol–water partition coefficient (Wildman–Crippen LogP) is 3.19. The number of nitrogens with zero attached hydrogens (tertiary/aromatic N) is 1. The zero-order chi connectivity index (χ0) is 14.9. The zero-order valence-electron chi connectivity index (χ0n) is 13.0. The molecule has 0 aliphatic carbocycles. The summed E-state index contributed by atoms with van der Waals surface area (Å²) in [5.41, 5.74) is 1.21. The molecule has 1 aliphatic heterocycles. The van der Waals surface area contributed by atoms with Crippen LogP contribution in [0.1, 0.15) is 31.2 Å². The van der Waals surface area contributed by atoms with Crippen molar-refractivity contribution in [2.45, 2.75) is 25.7 Å². The van der Waals surface area contributed by atoms with Crippen LogP contribution in [0.5, 0.6) is 5.75 Å². The quantitative estimate of drug-likeness (QED) is 0.836. The number of aliphatic hydroxyl groups is 1. The largest absolute Gasteiger partial charge is 0.497 e. The zero-order valence-corrected chi connectivity index (χ0v) is 13.0. The fraction of sp³-hybridized carbons (Fsp3) is 0.556. The van der Waals surface area contributed by atoms with Gasteiger partial charge < -0.3 is 9.84 Å². The van der Waals surface area contributed by atoms with Crippen LogP contribution in [0, 0.1) is 5.92 Å². The highest BCUT2D eigenvalue weighted by Crippen LogP contribution is 2.20. The minimum absolute atomic E-state index is 0.327. The molecule has 0 aromatic heterocycles. The van der Waals surface area contributed by atoms with Gasteiger partial charge in [-0.25, -0.2) is 0 Å². The van der Waals surface area contributed by atoms with Gasteiger partial charge in [-0.1, -0.05) is 24.3 Å². The van der Waals surface area contributed by atoms with Crippen LogP contribution < -0.4 is 4.74 Å². The monoisotopic (exact) mass is 289 g/mol. The molecule has 0 saturated carbocycles. The van der Waals surface area contributed by atoms with E-state index in [2.05, 4.69) is 29.2 Å². The Balaban J connectivity index is 1.77.